The predicted molar refractivity (Wildman–Crippen MR) is 94.4 cm³/mol. The molecule has 6 heteroatoms. The van der Waals surface area contributed by atoms with E-state index in [2.05, 4.69) is 5.10 Å². The second-order valence-corrected chi connectivity index (χ2v) is 6.70. The van der Waals surface area contributed by atoms with E-state index < -0.39 is 0 Å². The van der Waals surface area contributed by atoms with Crippen molar-refractivity contribution in [1.29, 1.82) is 0 Å². The van der Waals surface area contributed by atoms with Gasteiger partial charge in [0.2, 0.25) is 0 Å². The molecular weight excluding hydrogens is 341 g/mol. The van der Waals surface area contributed by atoms with E-state index in [1.807, 2.05) is 17.9 Å². The Morgan fingerprint density at radius 3 is 2.96 bits per heavy atom. The van der Waals surface area contributed by atoms with Gasteiger partial charge in [0.05, 0.1) is 16.6 Å². The summed E-state index contributed by atoms with van der Waals surface area (Å²) in [6.07, 6.45) is 3.09. The van der Waals surface area contributed by atoms with Crippen LogP contribution in [-0.2, 0) is 6.42 Å². The van der Waals surface area contributed by atoms with Crippen molar-refractivity contribution in [3.8, 4) is 0 Å². The number of halogens is 2. The molecule has 3 aromatic rings. The molecule has 0 spiro atoms. The van der Waals surface area contributed by atoms with E-state index in [0.29, 0.717) is 23.7 Å². The average Bonchev–Trinajstić information content (AvgIpc) is 3.03. The summed E-state index contributed by atoms with van der Waals surface area (Å²) in [7, 11) is 0. The van der Waals surface area contributed by atoms with Crippen LogP contribution in [0.1, 0.15) is 41.0 Å². The Balaban J connectivity index is 1.70. The molecule has 3 heterocycles. The molecule has 0 saturated heterocycles. The van der Waals surface area contributed by atoms with Gasteiger partial charge in [-0.15, -0.1) is 0 Å². The molecule has 1 amide bonds. The molecule has 128 valence electrons. The van der Waals surface area contributed by atoms with Gasteiger partial charge in [0, 0.05) is 12.7 Å². The minimum Gasteiger partial charge on any atom is -0.330 e. The minimum atomic E-state index is -0.231. The lowest BCUT2D eigenvalue weighted by atomic mass is 9.90. The average molecular weight is 358 g/mol. The van der Waals surface area contributed by atoms with Crippen LogP contribution in [0.5, 0.6) is 0 Å². The first kappa shape index (κ1) is 16.1. The molecule has 0 saturated carbocycles. The Morgan fingerprint density at radius 1 is 1.32 bits per heavy atom. The van der Waals surface area contributed by atoms with Crippen LogP contribution >= 0.6 is 11.6 Å². The zero-order valence-corrected chi connectivity index (χ0v) is 14.5. The van der Waals surface area contributed by atoms with E-state index in [4.69, 9.17) is 11.6 Å². The van der Waals surface area contributed by atoms with Crippen LogP contribution < -0.4 is 0 Å². The summed E-state index contributed by atoms with van der Waals surface area (Å²) in [6.45, 7) is 2.59. The molecule has 2 aromatic heterocycles. The molecule has 0 N–H and O–H groups in total. The van der Waals surface area contributed by atoms with Crippen molar-refractivity contribution in [2.75, 3.05) is 6.54 Å². The third-order valence-corrected chi connectivity index (χ3v) is 4.98. The maximum absolute atomic E-state index is 13.5. The van der Waals surface area contributed by atoms with E-state index in [0.717, 1.165) is 23.1 Å². The van der Waals surface area contributed by atoms with Gasteiger partial charge in [0.15, 0.2) is 5.69 Å². The molecule has 4 rings (SSSR count). The number of rotatable bonds is 2. The fourth-order valence-corrected chi connectivity index (χ4v) is 3.73. The quantitative estimate of drug-likeness (QED) is 0.686. The zero-order chi connectivity index (χ0) is 17.6. The summed E-state index contributed by atoms with van der Waals surface area (Å²) in [5.41, 5.74) is 3.22. The van der Waals surface area contributed by atoms with Crippen molar-refractivity contribution in [2.24, 2.45) is 0 Å². The number of fused-ring (bicyclic) bond motifs is 2. The Kier molecular flexibility index (Phi) is 3.96. The summed E-state index contributed by atoms with van der Waals surface area (Å²) in [5.74, 6) is -0.341. The van der Waals surface area contributed by atoms with Gasteiger partial charge >= 0.3 is 0 Å². The maximum atomic E-state index is 13.5. The van der Waals surface area contributed by atoms with Crippen LogP contribution in [0.2, 0.25) is 5.02 Å². The number of pyridine rings is 1. The Morgan fingerprint density at radius 2 is 2.16 bits per heavy atom. The van der Waals surface area contributed by atoms with Gasteiger partial charge in [-0.2, -0.15) is 5.10 Å². The van der Waals surface area contributed by atoms with Crippen LogP contribution in [-0.4, -0.2) is 27.0 Å². The van der Waals surface area contributed by atoms with E-state index in [1.165, 1.54) is 6.07 Å². The SMILES string of the molecule is CCC1c2ccc(F)cc2CCN1C(=O)c1cc2ccc(Cl)cn2n1. The summed E-state index contributed by atoms with van der Waals surface area (Å²) < 4.78 is 15.1. The fraction of sp³-hybridized carbons (Fsp3) is 0.263. The lowest BCUT2D eigenvalue weighted by molar-refractivity contribution is 0.0649. The lowest BCUT2D eigenvalue weighted by Crippen LogP contribution is -2.40. The summed E-state index contributed by atoms with van der Waals surface area (Å²) in [5, 5.41) is 4.93. The van der Waals surface area contributed by atoms with Crippen LogP contribution in [0.25, 0.3) is 5.52 Å². The molecule has 1 unspecified atom stereocenters. The topological polar surface area (TPSA) is 37.6 Å². The number of aromatic nitrogens is 2. The lowest BCUT2D eigenvalue weighted by Gasteiger charge is -2.36. The molecule has 25 heavy (non-hydrogen) atoms. The van der Waals surface area contributed by atoms with Crippen LogP contribution in [0.3, 0.4) is 0 Å². The summed E-state index contributed by atoms with van der Waals surface area (Å²) in [6, 6.07) is 10.1. The Hall–Kier alpha value is -2.40. The van der Waals surface area contributed by atoms with Crippen molar-refractivity contribution in [1.82, 2.24) is 14.5 Å². The first-order valence-corrected chi connectivity index (χ1v) is 8.69. The number of hydrogen-bond acceptors (Lipinski definition) is 2. The monoisotopic (exact) mass is 357 g/mol. The van der Waals surface area contributed by atoms with Crippen molar-refractivity contribution in [3.63, 3.8) is 0 Å². The second-order valence-electron chi connectivity index (χ2n) is 6.26. The van der Waals surface area contributed by atoms with Crippen LogP contribution in [0.4, 0.5) is 4.39 Å². The van der Waals surface area contributed by atoms with E-state index >= 15 is 0 Å². The summed E-state index contributed by atoms with van der Waals surface area (Å²) >= 11 is 5.98. The van der Waals surface area contributed by atoms with E-state index in [-0.39, 0.29) is 17.8 Å². The molecule has 0 bridgehead atoms. The van der Waals surface area contributed by atoms with Crippen LogP contribution in [0, 0.1) is 5.82 Å². The highest BCUT2D eigenvalue weighted by molar-refractivity contribution is 6.30. The third kappa shape index (κ3) is 2.78. The summed E-state index contributed by atoms with van der Waals surface area (Å²) in [4.78, 5) is 14.9. The van der Waals surface area contributed by atoms with Gasteiger partial charge in [0.25, 0.3) is 5.91 Å². The smallest absolute Gasteiger partial charge is 0.274 e. The number of carbonyl (C=O) groups excluding carboxylic acids is 1. The van der Waals surface area contributed by atoms with E-state index in [1.54, 1.807) is 35.0 Å². The number of carbonyl (C=O) groups is 1. The molecule has 1 aromatic carbocycles. The van der Waals surface area contributed by atoms with Crippen molar-refractivity contribution < 1.29 is 9.18 Å². The molecule has 1 atom stereocenters. The Bertz CT molecular complexity index is 968. The minimum absolute atomic E-state index is 0.0646. The maximum Gasteiger partial charge on any atom is 0.274 e. The zero-order valence-electron chi connectivity index (χ0n) is 13.7. The molecule has 0 aliphatic carbocycles. The molecular formula is C19H17ClFN3O. The fourth-order valence-electron chi connectivity index (χ4n) is 3.58. The molecule has 4 nitrogen and oxygen atoms in total. The highest BCUT2D eigenvalue weighted by atomic mass is 35.5. The number of nitrogens with zero attached hydrogens (tertiary/aromatic N) is 3. The standard InChI is InChI=1S/C19H17ClFN3O/c1-2-18-16-6-4-14(21)9-12(16)7-8-23(18)19(25)17-10-15-5-3-13(20)11-24(15)22-17/h3-6,9-11,18H,2,7-8H2,1H3. The highest BCUT2D eigenvalue weighted by Gasteiger charge is 2.31. The molecule has 0 fully saturated rings. The molecule has 1 aliphatic heterocycles. The number of amides is 1. The predicted octanol–water partition coefficient (Wildman–Crippen LogP) is 4.28. The third-order valence-electron chi connectivity index (χ3n) is 4.75. The normalized spacial score (nSPS) is 16.9. The molecule has 1 aliphatic rings. The highest BCUT2D eigenvalue weighted by Crippen LogP contribution is 2.33. The van der Waals surface area contributed by atoms with Gasteiger partial charge < -0.3 is 4.90 Å². The van der Waals surface area contributed by atoms with Crippen molar-refractivity contribution >= 4 is 23.0 Å². The largest absolute Gasteiger partial charge is 0.330 e. The van der Waals surface area contributed by atoms with E-state index in [9.17, 15) is 9.18 Å². The van der Waals surface area contributed by atoms with Gasteiger partial charge in [-0.1, -0.05) is 24.6 Å². The van der Waals surface area contributed by atoms with Crippen LogP contribution in [0.15, 0.2) is 42.6 Å². The number of benzene rings is 1. The van der Waals surface area contributed by atoms with Gasteiger partial charge in [-0.05, 0) is 54.3 Å². The van der Waals surface area contributed by atoms with Gasteiger partial charge in [-0.3, -0.25) is 4.79 Å². The van der Waals surface area contributed by atoms with Gasteiger partial charge in [0.1, 0.15) is 5.82 Å². The van der Waals surface area contributed by atoms with Gasteiger partial charge in [-0.25, -0.2) is 8.91 Å². The Labute approximate surface area is 149 Å². The first-order valence-electron chi connectivity index (χ1n) is 8.31. The van der Waals surface area contributed by atoms with Crippen molar-refractivity contribution in [3.05, 3.63) is 70.3 Å². The van der Waals surface area contributed by atoms with Crippen molar-refractivity contribution in [2.45, 2.75) is 25.8 Å². The molecule has 0 radical (unpaired) electrons. The first-order chi connectivity index (χ1) is 12.1. The second kappa shape index (κ2) is 6.15. The number of hydrogen-bond donors (Lipinski definition) is 0.